The van der Waals surface area contributed by atoms with Gasteiger partial charge in [0.1, 0.15) is 5.52 Å². The van der Waals surface area contributed by atoms with Crippen molar-refractivity contribution < 1.29 is 19.4 Å². The van der Waals surface area contributed by atoms with Crippen LogP contribution in [0.3, 0.4) is 0 Å². The van der Waals surface area contributed by atoms with Crippen molar-refractivity contribution in [3.05, 3.63) is 35.8 Å². The number of aromatic amines is 1. The summed E-state index contributed by atoms with van der Waals surface area (Å²) in [5.41, 5.74) is 2.00. The molecule has 21 heavy (non-hydrogen) atoms. The highest BCUT2D eigenvalue weighted by molar-refractivity contribution is 6.07. The van der Waals surface area contributed by atoms with Crippen molar-refractivity contribution >= 4 is 33.9 Å². The Morgan fingerprint density at radius 1 is 1.33 bits per heavy atom. The number of fused-ring (bicyclic) bond motifs is 3. The van der Waals surface area contributed by atoms with E-state index >= 15 is 0 Å². The summed E-state index contributed by atoms with van der Waals surface area (Å²) in [5.74, 6) is -1.68. The first-order valence-electron chi connectivity index (χ1n) is 6.29. The zero-order valence-electron chi connectivity index (χ0n) is 11.1. The van der Waals surface area contributed by atoms with Gasteiger partial charge in [0.05, 0.1) is 23.9 Å². The maximum atomic E-state index is 11.7. The lowest BCUT2D eigenvalue weighted by molar-refractivity contribution is 0.0512. The summed E-state index contributed by atoms with van der Waals surface area (Å²) in [4.78, 5) is 33.9. The number of nitrogens with one attached hydrogen (secondary N) is 1. The molecule has 0 amide bonds. The normalized spacial score (nSPS) is 10.9. The van der Waals surface area contributed by atoms with Gasteiger partial charge in [-0.15, -0.1) is 0 Å². The van der Waals surface area contributed by atoms with E-state index in [2.05, 4.69) is 15.0 Å². The monoisotopic (exact) mass is 285 g/mol. The summed E-state index contributed by atoms with van der Waals surface area (Å²) in [7, 11) is 0. The van der Waals surface area contributed by atoms with Crippen LogP contribution in [0.15, 0.2) is 24.4 Å². The van der Waals surface area contributed by atoms with Crippen molar-refractivity contribution in [1.29, 1.82) is 0 Å². The highest BCUT2D eigenvalue weighted by Crippen LogP contribution is 2.24. The molecule has 0 atom stereocenters. The molecule has 7 heteroatoms. The summed E-state index contributed by atoms with van der Waals surface area (Å²) in [6.45, 7) is 1.93. The number of ether oxygens (including phenoxy) is 1. The van der Waals surface area contributed by atoms with Crippen LogP contribution in [0.25, 0.3) is 21.9 Å². The molecular weight excluding hydrogens is 274 g/mol. The van der Waals surface area contributed by atoms with E-state index in [-0.39, 0.29) is 18.0 Å². The Labute approximate surface area is 118 Å². The minimum atomic E-state index is -1.02. The van der Waals surface area contributed by atoms with Crippen LogP contribution >= 0.6 is 0 Å². The first-order chi connectivity index (χ1) is 10.1. The second-order valence-corrected chi connectivity index (χ2v) is 4.37. The molecule has 7 nitrogen and oxygen atoms in total. The Kier molecular flexibility index (Phi) is 3.02. The van der Waals surface area contributed by atoms with E-state index in [0.29, 0.717) is 16.4 Å². The Morgan fingerprint density at radius 2 is 2.14 bits per heavy atom. The van der Waals surface area contributed by atoms with Gasteiger partial charge in [0.2, 0.25) is 5.82 Å². The minimum absolute atomic E-state index is 0.0500. The van der Waals surface area contributed by atoms with Gasteiger partial charge in [0.15, 0.2) is 0 Å². The Balaban J connectivity index is 2.22. The maximum Gasteiger partial charge on any atom is 0.376 e. The van der Waals surface area contributed by atoms with E-state index in [1.165, 1.54) is 18.3 Å². The number of nitrogens with zero attached hydrogens (tertiary/aromatic N) is 2. The van der Waals surface area contributed by atoms with Crippen LogP contribution in [0.4, 0.5) is 0 Å². The molecule has 0 aliphatic heterocycles. The number of aromatic carboxylic acids is 1. The van der Waals surface area contributed by atoms with Crippen LogP contribution in [-0.2, 0) is 4.74 Å². The number of hydrogen-bond donors (Lipinski definition) is 2. The molecule has 2 N–H and O–H groups in total. The second-order valence-electron chi connectivity index (χ2n) is 4.37. The lowest BCUT2D eigenvalue weighted by atomic mass is 10.1. The van der Waals surface area contributed by atoms with Gasteiger partial charge in [0, 0.05) is 10.9 Å². The molecule has 3 rings (SSSR count). The molecule has 0 spiro atoms. The molecule has 0 bridgehead atoms. The van der Waals surface area contributed by atoms with Gasteiger partial charge in [-0.05, 0) is 25.1 Å². The predicted octanol–water partition coefficient (Wildman–Crippen LogP) is 1.99. The molecule has 2 heterocycles. The standard InChI is InChI=1S/C14H11N3O4/c1-2-21-14(20)12-15-6-10-11(17-12)8-5-7(13(18)19)3-4-9(8)16-10/h3-6,16H,2H2,1H3,(H,18,19). The van der Waals surface area contributed by atoms with Gasteiger partial charge in [-0.1, -0.05) is 0 Å². The predicted molar refractivity (Wildman–Crippen MR) is 74.3 cm³/mol. The summed E-state index contributed by atoms with van der Waals surface area (Å²) < 4.78 is 4.86. The van der Waals surface area contributed by atoms with Crippen molar-refractivity contribution in [2.24, 2.45) is 0 Å². The molecule has 0 saturated heterocycles. The maximum absolute atomic E-state index is 11.7. The number of carbonyl (C=O) groups is 2. The number of carboxylic acid groups (broad SMARTS) is 1. The van der Waals surface area contributed by atoms with Gasteiger partial charge in [0.25, 0.3) is 0 Å². The minimum Gasteiger partial charge on any atom is -0.478 e. The molecule has 0 aliphatic carbocycles. The molecule has 106 valence electrons. The highest BCUT2D eigenvalue weighted by Gasteiger charge is 2.15. The lowest BCUT2D eigenvalue weighted by Crippen LogP contribution is -2.09. The number of carbonyl (C=O) groups excluding carboxylic acids is 1. The zero-order chi connectivity index (χ0) is 15.0. The number of esters is 1. The van der Waals surface area contributed by atoms with Gasteiger partial charge in [-0.2, -0.15) is 0 Å². The first-order valence-corrected chi connectivity index (χ1v) is 6.29. The van der Waals surface area contributed by atoms with Crippen molar-refractivity contribution in [3.63, 3.8) is 0 Å². The third-order valence-electron chi connectivity index (χ3n) is 3.04. The average Bonchev–Trinajstić information content (AvgIpc) is 2.84. The molecule has 0 saturated carbocycles. The summed E-state index contributed by atoms with van der Waals surface area (Å²) in [6.07, 6.45) is 1.48. The van der Waals surface area contributed by atoms with Gasteiger partial charge < -0.3 is 14.8 Å². The third-order valence-corrected chi connectivity index (χ3v) is 3.04. The lowest BCUT2D eigenvalue weighted by Gasteiger charge is -2.00. The van der Waals surface area contributed by atoms with Crippen LogP contribution in [0.1, 0.15) is 27.9 Å². The second kappa shape index (κ2) is 4.86. The number of hydrogen-bond acceptors (Lipinski definition) is 5. The summed E-state index contributed by atoms with van der Waals surface area (Å²) in [6, 6.07) is 4.67. The van der Waals surface area contributed by atoms with Crippen molar-refractivity contribution in [1.82, 2.24) is 15.0 Å². The third kappa shape index (κ3) is 2.18. The van der Waals surface area contributed by atoms with E-state index in [1.807, 2.05) is 0 Å². The first kappa shape index (κ1) is 13.0. The fourth-order valence-electron chi connectivity index (χ4n) is 2.10. The zero-order valence-corrected chi connectivity index (χ0v) is 11.1. The van der Waals surface area contributed by atoms with Gasteiger partial charge in [-0.25, -0.2) is 19.6 Å². The summed E-state index contributed by atoms with van der Waals surface area (Å²) >= 11 is 0. The highest BCUT2D eigenvalue weighted by atomic mass is 16.5. The van der Waals surface area contributed by atoms with E-state index in [0.717, 1.165) is 5.52 Å². The molecule has 2 aromatic heterocycles. The Hall–Kier alpha value is -2.96. The number of H-pyrrole nitrogens is 1. The topological polar surface area (TPSA) is 105 Å². The van der Waals surface area contributed by atoms with Gasteiger partial charge in [-0.3, -0.25) is 0 Å². The van der Waals surface area contributed by atoms with E-state index < -0.39 is 11.9 Å². The molecule has 0 aliphatic rings. The van der Waals surface area contributed by atoms with Crippen molar-refractivity contribution in [2.45, 2.75) is 6.92 Å². The summed E-state index contributed by atoms with van der Waals surface area (Å²) in [5, 5.41) is 9.67. The molecule has 3 aromatic rings. The number of aromatic nitrogens is 3. The van der Waals surface area contributed by atoms with E-state index in [1.54, 1.807) is 13.0 Å². The van der Waals surface area contributed by atoms with Crippen molar-refractivity contribution in [3.8, 4) is 0 Å². The number of benzene rings is 1. The Morgan fingerprint density at radius 3 is 2.86 bits per heavy atom. The fourth-order valence-corrected chi connectivity index (χ4v) is 2.10. The fraction of sp³-hybridized carbons (Fsp3) is 0.143. The number of rotatable bonds is 3. The van der Waals surface area contributed by atoms with Crippen LogP contribution in [0.5, 0.6) is 0 Å². The van der Waals surface area contributed by atoms with E-state index in [4.69, 9.17) is 9.84 Å². The molecule has 0 radical (unpaired) electrons. The SMILES string of the molecule is CCOC(=O)c1ncc2[nH]c3ccc(C(=O)O)cc3c2n1. The van der Waals surface area contributed by atoms with Crippen molar-refractivity contribution in [2.75, 3.05) is 6.61 Å². The van der Waals surface area contributed by atoms with Crippen LogP contribution in [0.2, 0.25) is 0 Å². The van der Waals surface area contributed by atoms with Crippen LogP contribution < -0.4 is 0 Å². The molecular formula is C14H11N3O4. The molecule has 1 aromatic carbocycles. The molecule has 0 fully saturated rings. The average molecular weight is 285 g/mol. The van der Waals surface area contributed by atoms with Crippen LogP contribution in [0, 0.1) is 0 Å². The van der Waals surface area contributed by atoms with E-state index in [9.17, 15) is 9.59 Å². The smallest absolute Gasteiger partial charge is 0.376 e. The largest absolute Gasteiger partial charge is 0.478 e. The number of carboxylic acids is 1. The van der Waals surface area contributed by atoms with Gasteiger partial charge >= 0.3 is 11.9 Å². The van der Waals surface area contributed by atoms with Crippen LogP contribution in [-0.4, -0.2) is 38.6 Å². The Bertz CT molecular complexity index is 869. The molecule has 0 unspecified atom stereocenters. The quantitative estimate of drug-likeness (QED) is 0.713.